The fourth-order valence-electron chi connectivity index (χ4n) is 1.52. The minimum absolute atomic E-state index is 0.183. The van der Waals surface area contributed by atoms with Crippen LogP contribution in [0.1, 0.15) is 18.8 Å². The maximum absolute atomic E-state index is 11.8. The van der Waals surface area contributed by atoms with E-state index in [0.29, 0.717) is 23.8 Å². The molecule has 3 N–H and O–H groups in total. The van der Waals surface area contributed by atoms with Crippen LogP contribution in [-0.4, -0.2) is 37.4 Å². The molecule has 8 nitrogen and oxygen atoms in total. The topological polar surface area (TPSA) is 108 Å². The summed E-state index contributed by atoms with van der Waals surface area (Å²) < 4.78 is 1.48. The summed E-state index contributed by atoms with van der Waals surface area (Å²) in [5.74, 6) is 0.317. The van der Waals surface area contributed by atoms with Crippen molar-refractivity contribution in [3.8, 4) is 0 Å². The second-order valence-electron chi connectivity index (χ2n) is 3.98. The van der Waals surface area contributed by atoms with Crippen LogP contribution in [0, 0.1) is 0 Å². The molecule has 0 spiro atoms. The van der Waals surface area contributed by atoms with E-state index in [0.717, 1.165) is 0 Å². The molecule has 0 radical (unpaired) electrons. The minimum atomic E-state index is -0.453. The molecule has 2 aromatic rings. The van der Waals surface area contributed by atoms with Crippen molar-refractivity contribution in [2.75, 3.05) is 6.54 Å². The van der Waals surface area contributed by atoms with Crippen molar-refractivity contribution in [3.05, 3.63) is 33.7 Å². The summed E-state index contributed by atoms with van der Waals surface area (Å²) in [6.45, 7) is 2.09. The molecular formula is C10H13ClN6O2. The van der Waals surface area contributed by atoms with Gasteiger partial charge in [0.2, 0.25) is 5.91 Å². The lowest BCUT2D eigenvalue weighted by molar-refractivity contribution is -0.124. The highest BCUT2D eigenvalue weighted by molar-refractivity contribution is 6.30. The summed E-state index contributed by atoms with van der Waals surface area (Å²) >= 11 is 5.74. The van der Waals surface area contributed by atoms with Crippen LogP contribution in [0.5, 0.6) is 0 Å². The summed E-state index contributed by atoms with van der Waals surface area (Å²) in [6, 6.07) is -0.453. The van der Waals surface area contributed by atoms with Gasteiger partial charge >= 0.3 is 5.69 Å². The molecular weight excluding hydrogens is 272 g/mol. The van der Waals surface area contributed by atoms with Crippen LogP contribution in [0.3, 0.4) is 0 Å². The third kappa shape index (κ3) is 3.44. The van der Waals surface area contributed by atoms with Crippen molar-refractivity contribution < 1.29 is 4.79 Å². The molecule has 0 saturated heterocycles. The van der Waals surface area contributed by atoms with Crippen LogP contribution in [-0.2, 0) is 11.2 Å². The van der Waals surface area contributed by atoms with Gasteiger partial charge in [0.25, 0.3) is 0 Å². The summed E-state index contributed by atoms with van der Waals surface area (Å²) in [5, 5.41) is 13.2. The van der Waals surface area contributed by atoms with Gasteiger partial charge in [-0.2, -0.15) is 10.2 Å². The molecule has 0 unspecified atom stereocenters. The molecule has 102 valence electrons. The van der Waals surface area contributed by atoms with E-state index in [9.17, 15) is 9.59 Å². The van der Waals surface area contributed by atoms with E-state index in [2.05, 4.69) is 25.6 Å². The molecule has 0 bridgehead atoms. The van der Waals surface area contributed by atoms with E-state index < -0.39 is 6.04 Å². The Morgan fingerprint density at radius 3 is 3.00 bits per heavy atom. The van der Waals surface area contributed by atoms with Gasteiger partial charge in [-0.25, -0.2) is 9.89 Å². The summed E-state index contributed by atoms with van der Waals surface area (Å²) in [7, 11) is 0. The van der Waals surface area contributed by atoms with Gasteiger partial charge in [0.1, 0.15) is 11.9 Å². The smallest absolute Gasteiger partial charge is 0.340 e. The van der Waals surface area contributed by atoms with Crippen molar-refractivity contribution in [2.45, 2.75) is 19.4 Å². The number of hydrogen-bond acceptors (Lipinski definition) is 4. The first kappa shape index (κ1) is 13.3. The highest BCUT2D eigenvalue weighted by Crippen LogP contribution is 2.10. The number of halogens is 1. The van der Waals surface area contributed by atoms with Crippen molar-refractivity contribution in [2.24, 2.45) is 0 Å². The van der Waals surface area contributed by atoms with E-state index in [-0.39, 0.29) is 11.6 Å². The molecule has 2 aromatic heterocycles. The van der Waals surface area contributed by atoms with Gasteiger partial charge in [0.05, 0.1) is 11.2 Å². The SMILES string of the molecule is C[C@H](C(=O)NCCc1n[nH]c(=O)[nH]1)n1cc(Cl)cn1. The van der Waals surface area contributed by atoms with Crippen LogP contribution in [0.25, 0.3) is 0 Å². The van der Waals surface area contributed by atoms with Gasteiger partial charge in [0, 0.05) is 19.2 Å². The zero-order valence-corrected chi connectivity index (χ0v) is 10.9. The standard InChI is InChI=1S/C10H13ClN6O2/c1-6(17-5-7(11)4-13-17)9(18)12-3-2-8-14-10(19)16-15-8/h4-6H,2-3H2,1H3,(H,12,18)(H2,14,15,16,19)/t6-/m1/s1. The molecule has 0 saturated carbocycles. The van der Waals surface area contributed by atoms with Gasteiger partial charge < -0.3 is 5.32 Å². The molecule has 1 atom stereocenters. The van der Waals surface area contributed by atoms with Gasteiger partial charge in [-0.05, 0) is 6.92 Å². The zero-order valence-electron chi connectivity index (χ0n) is 10.2. The van der Waals surface area contributed by atoms with E-state index in [1.165, 1.54) is 10.9 Å². The maximum Gasteiger partial charge on any atom is 0.340 e. The highest BCUT2D eigenvalue weighted by Gasteiger charge is 2.15. The molecule has 19 heavy (non-hydrogen) atoms. The fraction of sp³-hybridized carbons (Fsp3) is 0.400. The largest absolute Gasteiger partial charge is 0.354 e. The van der Waals surface area contributed by atoms with Crippen LogP contribution >= 0.6 is 11.6 Å². The van der Waals surface area contributed by atoms with Crippen LogP contribution in [0.15, 0.2) is 17.2 Å². The van der Waals surface area contributed by atoms with Crippen molar-refractivity contribution in [1.29, 1.82) is 0 Å². The first-order valence-corrected chi connectivity index (χ1v) is 6.05. The van der Waals surface area contributed by atoms with Crippen molar-refractivity contribution in [1.82, 2.24) is 30.3 Å². The number of aromatic nitrogens is 5. The Morgan fingerprint density at radius 2 is 2.42 bits per heavy atom. The van der Waals surface area contributed by atoms with Crippen molar-refractivity contribution >= 4 is 17.5 Å². The Hall–Kier alpha value is -2.09. The normalized spacial score (nSPS) is 12.3. The molecule has 0 aromatic carbocycles. The Kier molecular flexibility index (Phi) is 4.00. The average Bonchev–Trinajstić information content (AvgIpc) is 2.97. The Bertz CT molecular complexity index is 615. The number of nitrogens with one attached hydrogen (secondary N) is 3. The number of hydrogen-bond donors (Lipinski definition) is 3. The summed E-state index contributed by atoms with van der Waals surface area (Å²) in [6.07, 6.45) is 3.49. The number of nitrogens with zero attached hydrogens (tertiary/aromatic N) is 3. The molecule has 0 fully saturated rings. The number of H-pyrrole nitrogens is 2. The third-order valence-corrected chi connectivity index (χ3v) is 2.75. The second kappa shape index (κ2) is 5.70. The minimum Gasteiger partial charge on any atom is -0.354 e. The lowest BCUT2D eigenvalue weighted by Crippen LogP contribution is -2.32. The molecule has 2 heterocycles. The van der Waals surface area contributed by atoms with Crippen LogP contribution < -0.4 is 11.0 Å². The van der Waals surface area contributed by atoms with Gasteiger partial charge in [-0.3, -0.25) is 14.5 Å². The molecule has 9 heteroatoms. The van der Waals surface area contributed by atoms with Crippen molar-refractivity contribution in [3.63, 3.8) is 0 Å². The van der Waals surface area contributed by atoms with E-state index in [1.807, 2.05) is 0 Å². The lowest BCUT2D eigenvalue weighted by Gasteiger charge is -2.11. The lowest BCUT2D eigenvalue weighted by atomic mass is 10.3. The number of carbonyl (C=O) groups is 1. The maximum atomic E-state index is 11.8. The Morgan fingerprint density at radius 1 is 1.63 bits per heavy atom. The third-order valence-electron chi connectivity index (χ3n) is 2.56. The zero-order chi connectivity index (χ0) is 13.8. The monoisotopic (exact) mass is 284 g/mol. The predicted octanol–water partition coefficient (Wildman–Crippen LogP) is -0.132. The quantitative estimate of drug-likeness (QED) is 0.710. The highest BCUT2D eigenvalue weighted by atomic mass is 35.5. The van der Waals surface area contributed by atoms with Gasteiger partial charge in [0.15, 0.2) is 0 Å². The average molecular weight is 285 g/mol. The number of amides is 1. The van der Waals surface area contributed by atoms with E-state index in [4.69, 9.17) is 11.6 Å². The second-order valence-corrected chi connectivity index (χ2v) is 4.42. The van der Waals surface area contributed by atoms with E-state index in [1.54, 1.807) is 13.1 Å². The summed E-state index contributed by atoms with van der Waals surface area (Å²) in [4.78, 5) is 25.1. The molecule has 1 amide bonds. The number of carbonyl (C=O) groups excluding carboxylic acids is 1. The van der Waals surface area contributed by atoms with Gasteiger partial charge in [-0.15, -0.1) is 0 Å². The molecule has 2 rings (SSSR count). The predicted molar refractivity (Wildman–Crippen MR) is 67.9 cm³/mol. The first-order chi connectivity index (χ1) is 9.06. The van der Waals surface area contributed by atoms with Crippen LogP contribution in [0.2, 0.25) is 5.02 Å². The Balaban J connectivity index is 1.82. The summed E-state index contributed by atoms with van der Waals surface area (Å²) in [5.41, 5.74) is -0.360. The van der Waals surface area contributed by atoms with Gasteiger partial charge in [-0.1, -0.05) is 11.6 Å². The molecule has 0 aliphatic heterocycles. The Labute approximate surface area is 113 Å². The van der Waals surface area contributed by atoms with E-state index >= 15 is 0 Å². The molecule has 0 aliphatic carbocycles. The first-order valence-electron chi connectivity index (χ1n) is 5.67. The van der Waals surface area contributed by atoms with Crippen LogP contribution in [0.4, 0.5) is 0 Å². The fourth-order valence-corrected chi connectivity index (χ4v) is 1.67. The number of aromatic amines is 2. The molecule has 0 aliphatic rings. The number of rotatable bonds is 5.